The number of fused-ring (bicyclic) bond motifs is 2. The first-order valence-corrected chi connectivity index (χ1v) is 17.2. The van der Waals surface area contributed by atoms with Crippen molar-refractivity contribution in [2.45, 2.75) is 52.5 Å². The second-order valence-corrected chi connectivity index (χ2v) is 14.1. The Morgan fingerprint density at radius 3 is 2.50 bits per heavy atom. The number of benzene rings is 1. The maximum absolute atomic E-state index is 12.8. The summed E-state index contributed by atoms with van der Waals surface area (Å²) in [5.74, 6) is -5.01. The van der Waals surface area contributed by atoms with Crippen molar-refractivity contribution in [2.24, 2.45) is 4.99 Å². The fourth-order valence-corrected chi connectivity index (χ4v) is 8.24. The van der Waals surface area contributed by atoms with Crippen LogP contribution in [0.3, 0.4) is 0 Å². The van der Waals surface area contributed by atoms with Gasteiger partial charge in [0, 0.05) is 9.90 Å². The van der Waals surface area contributed by atoms with Crippen LogP contribution in [-0.2, 0) is 53.1 Å². The van der Waals surface area contributed by atoms with Crippen molar-refractivity contribution in [1.82, 2.24) is 4.57 Å². The Kier molecular flexibility index (Phi) is 10.6. The minimum atomic E-state index is -4.24. The van der Waals surface area contributed by atoms with Gasteiger partial charge in [-0.3, -0.25) is 14.4 Å². The van der Waals surface area contributed by atoms with Gasteiger partial charge in [0.1, 0.15) is 23.1 Å². The summed E-state index contributed by atoms with van der Waals surface area (Å²) in [5.41, 5.74) is 1.67. The van der Waals surface area contributed by atoms with Crippen molar-refractivity contribution in [3.05, 3.63) is 44.0 Å². The molecule has 0 atom stereocenters. The molecular formula is C27H30ClN3O8S3. The van der Waals surface area contributed by atoms with Crippen LogP contribution in [0.5, 0.6) is 0 Å². The van der Waals surface area contributed by atoms with Gasteiger partial charge in [-0.25, -0.2) is 13.2 Å². The van der Waals surface area contributed by atoms with E-state index in [4.69, 9.17) is 21.1 Å². The molecule has 0 unspecified atom stereocenters. The van der Waals surface area contributed by atoms with Gasteiger partial charge in [0.2, 0.25) is 5.91 Å². The highest BCUT2D eigenvalue weighted by Gasteiger charge is 2.28. The molecule has 1 aliphatic rings. The second-order valence-electron chi connectivity index (χ2n) is 9.46. The first-order valence-electron chi connectivity index (χ1n) is 13.3. The normalized spacial score (nSPS) is 13.8. The van der Waals surface area contributed by atoms with Gasteiger partial charge in [-0.1, -0.05) is 29.4 Å². The first-order chi connectivity index (χ1) is 20.0. The van der Waals surface area contributed by atoms with E-state index in [1.807, 2.05) is 0 Å². The van der Waals surface area contributed by atoms with Gasteiger partial charge < -0.3 is 19.4 Å². The van der Waals surface area contributed by atoms with Crippen LogP contribution in [0.2, 0.25) is 5.02 Å². The molecule has 2 aromatic heterocycles. The van der Waals surface area contributed by atoms with Crippen LogP contribution < -0.4 is 10.1 Å². The molecule has 0 fully saturated rings. The van der Waals surface area contributed by atoms with E-state index in [2.05, 4.69) is 10.3 Å². The summed E-state index contributed by atoms with van der Waals surface area (Å²) < 4.78 is 38.0. The summed E-state index contributed by atoms with van der Waals surface area (Å²) in [5, 5.41) is 3.25. The molecule has 0 spiro atoms. The number of carbonyl (C=O) groups excluding carboxylic acids is 4. The lowest BCUT2D eigenvalue weighted by molar-refractivity contribution is -0.143. The van der Waals surface area contributed by atoms with Crippen LogP contribution in [0, 0.1) is 0 Å². The SMILES string of the molecule is CCOC(=O)Cn1c(=NC(=O)CS(=O)(=O)CC(=O)Nc2sc3c(c2C(=O)OCC)CCCCC3)sc2cc(Cl)ccc21. The Balaban J connectivity index is 1.53. The number of esters is 2. The predicted octanol–water partition coefficient (Wildman–Crippen LogP) is 3.91. The Labute approximate surface area is 255 Å². The lowest BCUT2D eigenvalue weighted by Crippen LogP contribution is -2.29. The van der Waals surface area contributed by atoms with Gasteiger partial charge in [-0.15, -0.1) is 11.3 Å². The largest absolute Gasteiger partial charge is 0.465 e. The van der Waals surface area contributed by atoms with Gasteiger partial charge in [-0.05, 0) is 63.3 Å². The number of nitrogens with one attached hydrogen (secondary N) is 1. The standard InChI is InChI=1S/C27H30ClN3O8S3/c1-3-38-23(34)13-31-18-11-10-16(28)12-20(18)41-27(31)30-22(33)15-42(36,37)14-21(32)29-25-24(26(35)39-4-2)17-8-6-5-7-9-19(17)40-25/h10-12H,3-9,13-15H2,1-2H3,(H,29,32). The number of halogens is 1. The molecule has 0 saturated heterocycles. The minimum Gasteiger partial charge on any atom is -0.465 e. The summed E-state index contributed by atoms with van der Waals surface area (Å²) in [6.07, 6.45) is 4.31. The van der Waals surface area contributed by atoms with Crippen molar-refractivity contribution in [2.75, 3.05) is 30.0 Å². The molecular weight excluding hydrogens is 626 g/mol. The monoisotopic (exact) mass is 655 g/mol. The number of thiophene rings is 1. The third-order valence-corrected chi connectivity index (χ3v) is 10.2. The first kappa shape index (κ1) is 31.9. The fourth-order valence-electron chi connectivity index (χ4n) is 4.61. The average molecular weight is 656 g/mol. The summed E-state index contributed by atoms with van der Waals surface area (Å²) in [6, 6.07) is 4.92. The fraction of sp³-hybridized carbons (Fsp3) is 0.444. The zero-order valence-corrected chi connectivity index (χ0v) is 26.3. The highest BCUT2D eigenvalue weighted by Crippen LogP contribution is 2.38. The third kappa shape index (κ3) is 7.85. The number of hydrogen-bond acceptors (Lipinski definition) is 10. The molecule has 2 amide bonds. The Hall–Kier alpha value is -3.07. The van der Waals surface area contributed by atoms with Crippen LogP contribution in [0.15, 0.2) is 23.2 Å². The number of sulfone groups is 1. The average Bonchev–Trinajstić information content (AvgIpc) is 3.29. The number of aromatic nitrogens is 1. The number of ether oxygens (including phenoxy) is 2. The van der Waals surface area contributed by atoms with E-state index in [1.54, 1.807) is 32.0 Å². The van der Waals surface area contributed by atoms with E-state index in [0.29, 0.717) is 21.7 Å². The number of rotatable bonds is 10. The van der Waals surface area contributed by atoms with Crippen molar-refractivity contribution < 1.29 is 37.1 Å². The molecule has 0 saturated carbocycles. The molecule has 42 heavy (non-hydrogen) atoms. The van der Waals surface area contributed by atoms with E-state index in [-0.39, 0.29) is 35.1 Å². The zero-order chi connectivity index (χ0) is 30.4. The quantitative estimate of drug-likeness (QED) is 0.255. The van der Waals surface area contributed by atoms with Crippen LogP contribution in [0.4, 0.5) is 5.00 Å². The molecule has 1 aromatic carbocycles. The van der Waals surface area contributed by atoms with E-state index in [0.717, 1.165) is 47.5 Å². The third-order valence-electron chi connectivity index (χ3n) is 6.31. The maximum Gasteiger partial charge on any atom is 0.341 e. The molecule has 4 rings (SSSR count). The smallest absolute Gasteiger partial charge is 0.341 e. The van der Waals surface area contributed by atoms with Crippen molar-refractivity contribution in [3.8, 4) is 0 Å². The number of carbonyl (C=O) groups is 4. The topological polar surface area (TPSA) is 150 Å². The Bertz CT molecular complexity index is 1700. The molecule has 3 aromatic rings. The van der Waals surface area contributed by atoms with Gasteiger partial charge in [0.25, 0.3) is 5.91 Å². The summed E-state index contributed by atoms with van der Waals surface area (Å²) in [4.78, 5) is 55.5. The van der Waals surface area contributed by atoms with E-state index >= 15 is 0 Å². The molecule has 1 N–H and O–H groups in total. The molecule has 1 aliphatic carbocycles. The van der Waals surface area contributed by atoms with Gasteiger partial charge in [-0.2, -0.15) is 4.99 Å². The van der Waals surface area contributed by atoms with Crippen LogP contribution in [0.25, 0.3) is 10.2 Å². The van der Waals surface area contributed by atoms with E-state index in [1.165, 1.54) is 15.9 Å². The molecule has 2 heterocycles. The van der Waals surface area contributed by atoms with Crippen LogP contribution in [-0.4, -0.2) is 61.5 Å². The number of hydrogen-bond donors (Lipinski definition) is 1. The molecule has 0 bridgehead atoms. The molecule has 0 aliphatic heterocycles. The summed E-state index contributed by atoms with van der Waals surface area (Å²) >= 11 is 8.39. The van der Waals surface area contributed by atoms with Crippen LogP contribution >= 0.6 is 34.3 Å². The highest BCUT2D eigenvalue weighted by molar-refractivity contribution is 7.92. The highest BCUT2D eigenvalue weighted by atomic mass is 35.5. The Morgan fingerprint density at radius 2 is 1.76 bits per heavy atom. The lowest BCUT2D eigenvalue weighted by atomic mass is 10.1. The van der Waals surface area contributed by atoms with E-state index in [9.17, 15) is 27.6 Å². The van der Waals surface area contributed by atoms with Crippen LogP contribution in [0.1, 0.15) is 53.9 Å². The van der Waals surface area contributed by atoms with Crippen molar-refractivity contribution in [3.63, 3.8) is 0 Å². The number of aryl methyl sites for hydroxylation is 1. The van der Waals surface area contributed by atoms with Crippen molar-refractivity contribution >= 4 is 83.1 Å². The number of thiazole rings is 1. The number of nitrogens with zero attached hydrogens (tertiary/aromatic N) is 2. The predicted molar refractivity (Wildman–Crippen MR) is 161 cm³/mol. The number of amides is 2. The molecule has 11 nitrogen and oxygen atoms in total. The van der Waals surface area contributed by atoms with E-state index < -0.39 is 45.1 Å². The second kappa shape index (κ2) is 13.9. The minimum absolute atomic E-state index is 0.0872. The van der Waals surface area contributed by atoms with Crippen molar-refractivity contribution in [1.29, 1.82) is 0 Å². The molecule has 226 valence electrons. The lowest BCUT2D eigenvalue weighted by Gasteiger charge is -2.08. The van der Waals surface area contributed by atoms with Gasteiger partial charge in [0.05, 0.1) is 29.0 Å². The molecule has 15 heteroatoms. The summed E-state index contributed by atoms with van der Waals surface area (Å²) in [6.45, 7) is 3.42. The van der Waals surface area contributed by atoms with Gasteiger partial charge in [0.15, 0.2) is 14.6 Å². The Morgan fingerprint density at radius 1 is 1.02 bits per heavy atom. The number of anilines is 1. The molecule has 0 radical (unpaired) electrons. The zero-order valence-electron chi connectivity index (χ0n) is 23.1. The maximum atomic E-state index is 12.8. The van der Waals surface area contributed by atoms with Gasteiger partial charge >= 0.3 is 11.9 Å². The summed E-state index contributed by atoms with van der Waals surface area (Å²) in [7, 11) is -4.24.